The topological polar surface area (TPSA) is 50.1 Å². The first-order chi connectivity index (χ1) is 12.2. The molecule has 1 aliphatic rings. The summed E-state index contributed by atoms with van der Waals surface area (Å²) in [6.07, 6.45) is 0. The number of piperazine rings is 1. The quantitative estimate of drug-likeness (QED) is 0.737. The second kappa shape index (κ2) is 6.55. The Bertz CT molecular complexity index is 844. The van der Waals surface area contributed by atoms with Gasteiger partial charge in [-0.2, -0.15) is 4.68 Å². The summed E-state index contributed by atoms with van der Waals surface area (Å²) in [7, 11) is 0. The molecule has 0 amide bonds. The van der Waals surface area contributed by atoms with Crippen LogP contribution in [0.1, 0.15) is 12.5 Å². The van der Waals surface area contributed by atoms with Crippen molar-refractivity contribution in [1.29, 1.82) is 0 Å². The van der Waals surface area contributed by atoms with Gasteiger partial charge in [0, 0.05) is 31.4 Å². The third kappa shape index (κ3) is 3.07. The standard InChI is InChI=1S/C19H22N6/c1-15-7-6-10-18(13-15)24-12-11-23(14-16(24)2)19-20-21-22-25(19)17-8-4-3-5-9-17/h3-10,13,16H,11-12,14H2,1-2H3/t16-/m0/s1. The van der Waals surface area contributed by atoms with Crippen molar-refractivity contribution in [1.82, 2.24) is 20.2 Å². The summed E-state index contributed by atoms with van der Waals surface area (Å²) in [6, 6.07) is 19.1. The van der Waals surface area contributed by atoms with Gasteiger partial charge in [-0.25, -0.2) is 0 Å². The molecule has 3 aromatic rings. The summed E-state index contributed by atoms with van der Waals surface area (Å²) in [4.78, 5) is 4.73. The first-order valence-electron chi connectivity index (χ1n) is 8.64. The van der Waals surface area contributed by atoms with Gasteiger partial charge in [0.05, 0.1) is 5.69 Å². The highest BCUT2D eigenvalue weighted by Crippen LogP contribution is 2.24. The third-order valence-electron chi connectivity index (χ3n) is 4.70. The van der Waals surface area contributed by atoms with Crippen molar-refractivity contribution in [3.05, 3.63) is 60.2 Å². The predicted octanol–water partition coefficient (Wildman–Crippen LogP) is 2.69. The van der Waals surface area contributed by atoms with Crippen LogP contribution in [0.15, 0.2) is 54.6 Å². The molecule has 0 N–H and O–H groups in total. The number of aromatic nitrogens is 4. The number of benzene rings is 2. The molecule has 1 aliphatic heterocycles. The van der Waals surface area contributed by atoms with Crippen LogP contribution in [0.4, 0.5) is 11.6 Å². The molecule has 6 heteroatoms. The first kappa shape index (κ1) is 15.6. The molecule has 4 rings (SSSR count). The Labute approximate surface area is 147 Å². The maximum Gasteiger partial charge on any atom is 0.250 e. The van der Waals surface area contributed by atoms with Crippen molar-refractivity contribution in [3.63, 3.8) is 0 Å². The van der Waals surface area contributed by atoms with Crippen LogP contribution in [0.2, 0.25) is 0 Å². The Morgan fingerprint density at radius 1 is 0.960 bits per heavy atom. The molecule has 0 radical (unpaired) electrons. The van der Waals surface area contributed by atoms with E-state index in [0.29, 0.717) is 6.04 Å². The number of aryl methyl sites for hydroxylation is 1. The van der Waals surface area contributed by atoms with Gasteiger partial charge in [-0.3, -0.25) is 0 Å². The van der Waals surface area contributed by atoms with E-state index in [1.165, 1.54) is 11.3 Å². The van der Waals surface area contributed by atoms with E-state index in [2.05, 4.69) is 63.4 Å². The Balaban J connectivity index is 1.55. The van der Waals surface area contributed by atoms with Crippen LogP contribution in [-0.2, 0) is 0 Å². The summed E-state index contributed by atoms with van der Waals surface area (Å²) >= 11 is 0. The molecule has 6 nitrogen and oxygen atoms in total. The zero-order valence-corrected chi connectivity index (χ0v) is 14.6. The van der Waals surface area contributed by atoms with Crippen LogP contribution in [0.5, 0.6) is 0 Å². The average Bonchev–Trinajstić information content (AvgIpc) is 3.12. The fraction of sp³-hybridized carbons (Fsp3) is 0.316. The van der Waals surface area contributed by atoms with Gasteiger partial charge < -0.3 is 9.80 Å². The summed E-state index contributed by atoms with van der Waals surface area (Å²) in [5, 5.41) is 12.3. The molecule has 25 heavy (non-hydrogen) atoms. The lowest BCUT2D eigenvalue weighted by Crippen LogP contribution is -2.52. The fourth-order valence-electron chi connectivity index (χ4n) is 3.45. The molecule has 2 aromatic carbocycles. The zero-order chi connectivity index (χ0) is 17.2. The minimum Gasteiger partial charge on any atom is -0.365 e. The van der Waals surface area contributed by atoms with Crippen LogP contribution >= 0.6 is 0 Å². The Hall–Kier alpha value is -2.89. The van der Waals surface area contributed by atoms with E-state index in [4.69, 9.17) is 0 Å². The molecule has 0 bridgehead atoms. The van der Waals surface area contributed by atoms with Crippen molar-refractivity contribution in [2.45, 2.75) is 19.9 Å². The minimum absolute atomic E-state index is 0.386. The van der Waals surface area contributed by atoms with Crippen molar-refractivity contribution < 1.29 is 0 Å². The average molecular weight is 334 g/mol. The van der Waals surface area contributed by atoms with Gasteiger partial charge in [0.15, 0.2) is 0 Å². The summed E-state index contributed by atoms with van der Waals surface area (Å²) < 4.78 is 1.81. The summed E-state index contributed by atoms with van der Waals surface area (Å²) in [5.41, 5.74) is 3.56. The van der Waals surface area contributed by atoms with Crippen molar-refractivity contribution in [3.8, 4) is 5.69 Å². The molecule has 0 aliphatic carbocycles. The van der Waals surface area contributed by atoms with Gasteiger partial charge in [-0.05, 0) is 54.1 Å². The van der Waals surface area contributed by atoms with Gasteiger partial charge in [-0.15, -0.1) is 0 Å². The van der Waals surface area contributed by atoms with E-state index in [-0.39, 0.29) is 0 Å². The monoisotopic (exact) mass is 334 g/mol. The maximum absolute atomic E-state index is 4.27. The van der Waals surface area contributed by atoms with E-state index < -0.39 is 0 Å². The second-order valence-electron chi connectivity index (χ2n) is 6.55. The smallest absolute Gasteiger partial charge is 0.250 e. The van der Waals surface area contributed by atoms with Gasteiger partial charge in [0.1, 0.15) is 0 Å². The molecule has 1 atom stereocenters. The van der Waals surface area contributed by atoms with Crippen LogP contribution in [0.3, 0.4) is 0 Å². The predicted molar refractivity (Wildman–Crippen MR) is 99.4 cm³/mol. The Morgan fingerprint density at radius 2 is 1.76 bits per heavy atom. The summed E-state index contributed by atoms with van der Waals surface area (Å²) in [6.45, 7) is 7.13. The van der Waals surface area contributed by atoms with Gasteiger partial charge in [0.2, 0.25) is 0 Å². The van der Waals surface area contributed by atoms with Crippen molar-refractivity contribution >= 4 is 11.6 Å². The number of para-hydroxylation sites is 1. The number of hydrogen-bond donors (Lipinski definition) is 0. The lowest BCUT2D eigenvalue weighted by atomic mass is 10.1. The van der Waals surface area contributed by atoms with Crippen LogP contribution < -0.4 is 9.80 Å². The van der Waals surface area contributed by atoms with Crippen LogP contribution in [0, 0.1) is 6.92 Å². The molecule has 2 heterocycles. The van der Waals surface area contributed by atoms with E-state index >= 15 is 0 Å². The maximum atomic E-state index is 4.27. The molecule has 0 unspecified atom stereocenters. The molecule has 1 fully saturated rings. The number of hydrogen-bond acceptors (Lipinski definition) is 5. The zero-order valence-electron chi connectivity index (χ0n) is 14.6. The highest BCUT2D eigenvalue weighted by atomic mass is 15.6. The highest BCUT2D eigenvalue weighted by Gasteiger charge is 2.27. The van der Waals surface area contributed by atoms with E-state index in [1.54, 1.807) is 0 Å². The number of anilines is 2. The minimum atomic E-state index is 0.386. The van der Waals surface area contributed by atoms with Crippen LogP contribution in [0.25, 0.3) is 5.69 Å². The van der Waals surface area contributed by atoms with Crippen molar-refractivity contribution in [2.75, 3.05) is 29.4 Å². The second-order valence-corrected chi connectivity index (χ2v) is 6.55. The number of nitrogens with zero attached hydrogens (tertiary/aromatic N) is 6. The molecule has 128 valence electrons. The Kier molecular flexibility index (Phi) is 4.09. The SMILES string of the molecule is Cc1cccc(N2CCN(c3nnnn3-c3ccccc3)C[C@@H]2C)c1. The van der Waals surface area contributed by atoms with Crippen LogP contribution in [-0.4, -0.2) is 45.9 Å². The lowest BCUT2D eigenvalue weighted by molar-refractivity contribution is 0.539. The Morgan fingerprint density at radius 3 is 2.52 bits per heavy atom. The third-order valence-corrected chi connectivity index (χ3v) is 4.70. The van der Waals surface area contributed by atoms with Gasteiger partial charge in [0.25, 0.3) is 5.95 Å². The molecule has 0 spiro atoms. The fourth-order valence-corrected chi connectivity index (χ4v) is 3.45. The van der Waals surface area contributed by atoms with E-state index in [9.17, 15) is 0 Å². The highest BCUT2D eigenvalue weighted by molar-refractivity contribution is 5.52. The number of rotatable bonds is 3. The molecule has 1 aromatic heterocycles. The number of tetrazole rings is 1. The van der Waals surface area contributed by atoms with Crippen molar-refractivity contribution in [2.24, 2.45) is 0 Å². The first-order valence-corrected chi connectivity index (χ1v) is 8.64. The molecule has 0 saturated carbocycles. The van der Waals surface area contributed by atoms with E-state index in [0.717, 1.165) is 31.3 Å². The van der Waals surface area contributed by atoms with E-state index in [1.807, 2.05) is 35.0 Å². The molecular weight excluding hydrogens is 312 g/mol. The van der Waals surface area contributed by atoms with Gasteiger partial charge >= 0.3 is 0 Å². The lowest BCUT2D eigenvalue weighted by Gasteiger charge is -2.41. The van der Waals surface area contributed by atoms with Gasteiger partial charge in [-0.1, -0.05) is 35.4 Å². The summed E-state index contributed by atoms with van der Waals surface area (Å²) in [5.74, 6) is 0.807. The molecular formula is C19H22N6. The largest absolute Gasteiger partial charge is 0.365 e. The normalized spacial score (nSPS) is 17.8. The molecule has 1 saturated heterocycles.